The van der Waals surface area contributed by atoms with Crippen LogP contribution in [0.4, 0.5) is 10.2 Å². The molecule has 0 aliphatic heterocycles. The van der Waals surface area contributed by atoms with Gasteiger partial charge in [0.25, 0.3) is 0 Å². The number of nitrogen functional groups attached to an aromatic ring is 1. The molecule has 0 atom stereocenters. The van der Waals surface area contributed by atoms with E-state index in [1.807, 2.05) is 19.9 Å². The molecule has 0 spiro atoms. The van der Waals surface area contributed by atoms with E-state index in [4.69, 9.17) is 5.73 Å². The molecule has 0 bridgehead atoms. The summed E-state index contributed by atoms with van der Waals surface area (Å²) in [6.07, 6.45) is 7.60. The molecule has 0 fully saturated rings. The van der Waals surface area contributed by atoms with Crippen LogP contribution in [0.25, 0.3) is 22.8 Å². The molecule has 3 rings (SSSR count). The third-order valence-electron chi connectivity index (χ3n) is 4.92. The van der Waals surface area contributed by atoms with Crippen molar-refractivity contribution in [2.75, 3.05) is 12.3 Å². The molecule has 168 valence electrons. The smallest absolute Gasteiger partial charge is 0.213 e. The number of nitriles is 1. The van der Waals surface area contributed by atoms with Gasteiger partial charge in [0, 0.05) is 18.3 Å². The third kappa shape index (κ3) is 5.27. The fourth-order valence-electron chi connectivity index (χ4n) is 3.08. The molecule has 2 heterocycles. The lowest BCUT2D eigenvalue weighted by molar-refractivity contribution is -0.115. The Morgan fingerprint density at radius 2 is 2.15 bits per heavy atom. The zero-order valence-electron chi connectivity index (χ0n) is 18.5. The number of hydrogen-bond donors (Lipinski definition) is 1. The number of rotatable bonds is 8. The molecule has 0 aliphatic carbocycles. The largest absolute Gasteiger partial charge is 0.381 e. The van der Waals surface area contributed by atoms with Crippen molar-refractivity contribution in [3.05, 3.63) is 65.3 Å². The maximum Gasteiger partial charge on any atom is 0.213 e. The van der Waals surface area contributed by atoms with Gasteiger partial charge in [0.15, 0.2) is 17.5 Å². The van der Waals surface area contributed by atoms with E-state index in [1.165, 1.54) is 4.90 Å². The number of nitrogens with two attached hydrogens (primary N) is 1. The van der Waals surface area contributed by atoms with Gasteiger partial charge in [-0.25, -0.2) is 19.0 Å². The number of amides is 1. The maximum absolute atomic E-state index is 14.8. The predicted molar refractivity (Wildman–Crippen MR) is 122 cm³/mol. The summed E-state index contributed by atoms with van der Waals surface area (Å²) in [4.78, 5) is 20.7. The Hall–Kier alpha value is -4.39. The van der Waals surface area contributed by atoms with Gasteiger partial charge in [0.05, 0.1) is 24.4 Å². The van der Waals surface area contributed by atoms with E-state index in [-0.39, 0.29) is 23.0 Å². The highest BCUT2D eigenvalue weighted by atomic mass is 19.1. The van der Waals surface area contributed by atoms with E-state index in [0.717, 1.165) is 12.0 Å². The third-order valence-corrected chi connectivity index (χ3v) is 4.92. The summed E-state index contributed by atoms with van der Waals surface area (Å²) in [5.74, 6) is -0.906. The van der Waals surface area contributed by atoms with Crippen molar-refractivity contribution in [1.29, 1.82) is 5.26 Å². The first kappa shape index (κ1) is 23.3. The lowest BCUT2D eigenvalue weighted by Gasteiger charge is -2.09. The highest BCUT2D eigenvalue weighted by Gasteiger charge is 2.19. The minimum atomic E-state index is -0.788. The van der Waals surface area contributed by atoms with Crippen LogP contribution in [0.5, 0.6) is 0 Å². The fraction of sp³-hybridized carbons (Fsp3) is 0.217. The second-order valence-corrected chi connectivity index (χ2v) is 7.28. The summed E-state index contributed by atoms with van der Waals surface area (Å²) in [6, 6.07) is 7.24. The van der Waals surface area contributed by atoms with Crippen LogP contribution >= 0.6 is 0 Å². The topological polar surface area (TPSA) is 127 Å². The quantitative estimate of drug-likeness (QED) is 0.416. The van der Waals surface area contributed by atoms with Crippen molar-refractivity contribution in [2.24, 2.45) is 0 Å². The zero-order valence-corrected chi connectivity index (χ0v) is 18.5. The molecule has 2 aromatic heterocycles. The van der Waals surface area contributed by atoms with Gasteiger partial charge < -0.3 is 10.6 Å². The average Bonchev–Trinajstić information content (AvgIpc) is 3.26. The number of allylic oxidation sites excluding steroid dienone is 3. The van der Waals surface area contributed by atoms with Crippen molar-refractivity contribution in [3.8, 4) is 28.8 Å². The summed E-state index contributed by atoms with van der Waals surface area (Å²) in [6.45, 7) is 6.52. The molecule has 0 saturated carbocycles. The Balaban J connectivity index is 1.90. The van der Waals surface area contributed by atoms with Crippen LogP contribution in [0.1, 0.15) is 25.0 Å². The Kier molecular flexibility index (Phi) is 7.25. The Morgan fingerprint density at radius 1 is 1.36 bits per heavy atom. The van der Waals surface area contributed by atoms with Crippen LogP contribution in [-0.2, 0) is 11.3 Å². The highest BCUT2D eigenvalue weighted by Crippen LogP contribution is 2.28. The average molecular weight is 446 g/mol. The summed E-state index contributed by atoms with van der Waals surface area (Å²) in [7, 11) is 0. The molecule has 0 aliphatic rings. The monoisotopic (exact) mass is 446 g/mol. The minimum absolute atomic E-state index is 0.0726. The van der Waals surface area contributed by atoms with Gasteiger partial charge in [-0.15, -0.1) is 5.10 Å². The van der Waals surface area contributed by atoms with Crippen LogP contribution in [0.2, 0.25) is 0 Å². The van der Waals surface area contributed by atoms with Gasteiger partial charge in [-0.2, -0.15) is 5.26 Å². The van der Waals surface area contributed by atoms with Gasteiger partial charge in [0.1, 0.15) is 11.4 Å². The number of carbonyl (C=O) groups is 1. The first-order chi connectivity index (χ1) is 15.9. The molecular formula is C23H23FN8O. The SMILES string of the molecule is CCN(C=O)/C=C\C=C(/C)Cn1cc(-c2nc(-c3cccc(C#N)c3C)nc(N)c2F)nn1. The first-order valence-corrected chi connectivity index (χ1v) is 10.2. The van der Waals surface area contributed by atoms with Gasteiger partial charge in [-0.05, 0) is 38.5 Å². The van der Waals surface area contributed by atoms with Crippen LogP contribution in [0.3, 0.4) is 0 Å². The second kappa shape index (κ2) is 10.3. The number of aromatic nitrogens is 5. The standard InChI is InChI=1S/C23H23FN8O/c1-4-31(14-33)10-6-7-15(2)12-32-13-19(29-30-32)21-20(24)22(26)28-23(27-21)18-9-5-8-17(11-25)16(18)3/h5-10,13-14H,4,12H2,1-3H3,(H2,26,27,28)/b10-6-,15-7+. The lowest BCUT2D eigenvalue weighted by atomic mass is 10.0. The van der Waals surface area contributed by atoms with E-state index in [1.54, 1.807) is 48.3 Å². The van der Waals surface area contributed by atoms with Gasteiger partial charge >= 0.3 is 0 Å². The minimum Gasteiger partial charge on any atom is -0.381 e. The molecule has 0 unspecified atom stereocenters. The van der Waals surface area contributed by atoms with E-state index in [9.17, 15) is 14.4 Å². The van der Waals surface area contributed by atoms with E-state index in [0.29, 0.717) is 29.8 Å². The molecule has 0 radical (unpaired) electrons. The van der Waals surface area contributed by atoms with Crippen LogP contribution < -0.4 is 5.73 Å². The molecule has 1 amide bonds. The van der Waals surface area contributed by atoms with Crippen LogP contribution in [0, 0.1) is 24.1 Å². The van der Waals surface area contributed by atoms with E-state index >= 15 is 0 Å². The van der Waals surface area contributed by atoms with Gasteiger partial charge in [-0.3, -0.25) is 4.79 Å². The van der Waals surface area contributed by atoms with Crippen molar-refractivity contribution in [1.82, 2.24) is 29.9 Å². The van der Waals surface area contributed by atoms with Crippen molar-refractivity contribution in [3.63, 3.8) is 0 Å². The number of anilines is 1. The molecule has 9 nitrogen and oxygen atoms in total. The predicted octanol–water partition coefficient (Wildman–Crippen LogP) is 3.24. The van der Waals surface area contributed by atoms with Gasteiger partial charge in [-0.1, -0.05) is 29.0 Å². The zero-order chi connectivity index (χ0) is 24.0. The summed E-state index contributed by atoms with van der Waals surface area (Å²) in [5.41, 5.74) is 8.61. The van der Waals surface area contributed by atoms with E-state index < -0.39 is 5.82 Å². The Bertz CT molecular complexity index is 1270. The molecule has 1 aromatic carbocycles. The molecular weight excluding hydrogens is 423 g/mol. The summed E-state index contributed by atoms with van der Waals surface area (Å²) in [5, 5.41) is 17.4. The molecule has 3 aromatic rings. The Morgan fingerprint density at radius 3 is 2.85 bits per heavy atom. The van der Waals surface area contributed by atoms with E-state index in [2.05, 4.69) is 26.3 Å². The summed E-state index contributed by atoms with van der Waals surface area (Å²) >= 11 is 0. The lowest BCUT2D eigenvalue weighted by Crippen LogP contribution is -2.12. The highest BCUT2D eigenvalue weighted by molar-refractivity contribution is 5.69. The normalized spacial score (nSPS) is 11.5. The van der Waals surface area contributed by atoms with Crippen molar-refractivity contribution >= 4 is 12.2 Å². The number of hydrogen-bond acceptors (Lipinski definition) is 7. The first-order valence-electron chi connectivity index (χ1n) is 10.2. The van der Waals surface area contributed by atoms with Crippen molar-refractivity contribution < 1.29 is 9.18 Å². The van der Waals surface area contributed by atoms with Crippen LogP contribution in [0.15, 0.2) is 48.3 Å². The van der Waals surface area contributed by atoms with Crippen molar-refractivity contribution in [2.45, 2.75) is 27.3 Å². The molecule has 10 heteroatoms. The molecule has 33 heavy (non-hydrogen) atoms. The Labute approximate surface area is 190 Å². The number of nitrogens with zero attached hydrogens (tertiary/aromatic N) is 7. The number of carbonyl (C=O) groups excluding carboxylic acids is 1. The summed E-state index contributed by atoms with van der Waals surface area (Å²) < 4.78 is 16.3. The number of benzene rings is 1. The van der Waals surface area contributed by atoms with Gasteiger partial charge in [0.2, 0.25) is 6.41 Å². The molecule has 0 saturated heterocycles. The van der Waals surface area contributed by atoms with Crippen LogP contribution in [-0.4, -0.2) is 42.8 Å². The fourth-order valence-corrected chi connectivity index (χ4v) is 3.08. The number of halogens is 1. The molecule has 2 N–H and O–H groups in total. The second-order valence-electron chi connectivity index (χ2n) is 7.28. The maximum atomic E-state index is 14.8.